The maximum atomic E-state index is 12.0. The van der Waals surface area contributed by atoms with Crippen LogP contribution in [-0.2, 0) is 4.79 Å². The molecule has 2 aliphatic rings. The van der Waals surface area contributed by atoms with Crippen LogP contribution in [0, 0.1) is 12.3 Å². The summed E-state index contributed by atoms with van der Waals surface area (Å²) in [6.07, 6.45) is 6.51. The minimum absolute atomic E-state index is 0.0252. The molecule has 3 nitrogen and oxygen atoms in total. The van der Waals surface area contributed by atoms with Crippen LogP contribution in [0.2, 0.25) is 13.1 Å². The molecule has 0 aromatic heterocycles. The smallest absolute Gasteiger partial charge is 0.224 e. The number of rotatable bonds is 3. The SMILES string of the molecule is CCC(=O)Nc1ccc2c(c1)[Si](C)(C)C1=CC(=N)C=CC1=C2c1ccccc1C. The van der Waals surface area contributed by atoms with Crippen molar-refractivity contribution in [3.8, 4) is 0 Å². The van der Waals surface area contributed by atoms with Crippen molar-refractivity contribution in [1.82, 2.24) is 0 Å². The Kier molecular flexibility index (Phi) is 4.75. The third kappa shape index (κ3) is 3.23. The first-order valence-corrected chi connectivity index (χ1v) is 13.1. The molecule has 1 heterocycles. The van der Waals surface area contributed by atoms with Gasteiger partial charge in [0.25, 0.3) is 0 Å². The lowest BCUT2D eigenvalue weighted by molar-refractivity contribution is -0.115. The highest BCUT2D eigenvalue weighted by molar-refractivity contribution is 6.98. The molecule has 1 aliphatic heterocycles. The van der Waals surface area contributed by atoms with Gasteiger partial charge in [0.2, 0.25) is 5.91 Å². The van der Waals surface area contributed by atoms with Crippen molar-refractivity contribution in [3.05, 3.63) is 88.2 Å². The molecule has 4 rings (SSSR count). The van der Waals surface area contributed by atoms with E-state index in [1.54, 1.807) is 0 Å². The second-order valence-corrected chi connectivity index (χ2v) is 12.6. The molecule has 0 unspecified atom stereocenters. The van der Waals surface area contributed by atoms with E-state index in [0.29, 0.717) is 12.1 Å². The number of hydrogen-bond donors (Lipinski definition) is 2. The Morgan fingerprint density at radius 2 is 1.83 bits per heavy atom. The Hall–Kier alpha value is -2.98. The van der Waals surface area contributed by atoms with Crippen LogP contribution in [0.15, 0.2) is 71.5 Å². The molecular formula is C25H26N2OSi. The molecule has 0 atom stereocenters. The number of carbonyl (C=O) groups excluding carboxylic acids is 1. The zero-order chi connectivity index (χ0) is 20.8. The monoisotopic (exact) mass is 398 g/mol. The van der Waals surface area contributed by atoms with Gasteiger partial charge in [-0.25, -0.2) is 0 Å². The van der Waals surface area contributed by atoms with Crippen LogP contribution in [0.3, 0.4) is 0 Å². The van der Waals surface area contributed by atoms with Crippen molar-refractivity contribution in [2.24, 2.45) is 0 Å². The van der Waals surface area contributed by atoms with E-state index in [0.717, 1.165) is 5.69 Å². The molecule has 0 radical (unpaired) electrons. The van der Waals surface area contributed by atoms with E-state index in [9.17, 15) is 4.79 Å². The van der Waals surface area contributed by atoms with Crippen LogP contribution in [0.25, 0.3) is 5.57 Å². The molecule has 0 saturated heterocycles. The maximum Gasteiger partial charge on any atom is 0.224 e. The molecule has 0 spiro atoms. The van der Waals surface area contributed by atoms with Gasteiger partial charge in [-0.2, -0.15) is 0 Å². The van der Waals surface area contributed by atoms with Gasteiger partial charge in [0.1, 0.15) is 8.07 Å². The first-order valence-electron chi connectivity index (χ1n) is 10.1. The van der Waals surface area contributed by atoms with Crippen LogP contribution in [-0.4, -0.2) is 19.7 Å². The van der Waals surface area contributed by atoms with E-state index in [-0.39, 0.29) is 5.91 Å². The van der Waals surface area contributed by atoms with E-state index >= 15 is 0 Å². The normalized spacial score (nSPS) is 16.8. The molecule has 29 heavy (non-hydrogen) atoms. The van der Waals surface area contributed by atoms with E-state index in [2.05, 4.69) is 67.8 Å². The van der Waals surface area contributed by atoms with Gasteiger partial charge >= 0.3 is 0 Å². The number of amides is 1. The van der Waals surface area contributed by atoms with Gasteiger partial charge < -0.3 is 10.7 Å². The van der Waals surface area contributed by atoms with E-state index < -0.39 is 8.07 Å². The highest BCUT2D eigenvalue weighted by atomic mass is 28.3. The molecule has 0 bridgehead atoms. The number of allylic oxidation sites excluding steroid dienone is 5. The lowest BCUT2D eigenvalue weighted by Crippen LogP contribution is -2.49. The van der Waals surface area contributed by atoms with Crippen molar-refractivity contribution in [2.75, 3.05) is 5.32 Å². The highest BCUT2D eigenvalue weighted by Gasteiger charge is 2.39. The summed E-state index contributed by atoms with van der Waals surface area (Å²) in [6, 6.07) is 14.8. The number of anilines is 1. The number of carbonyl (C=O) groups is 1. The molecular weight excluding hydrogens is 372 g/mol. The lowest BCUT2D eigenvalue weighted by Gasteiger charge is -2.38. The Balaban J connectivity index is 2.02. The maximum absolute atomic E-state index is 12.0. The summed E-state index contributed by atoms with van der Waals surface area (Å²) in [5.41, 5.74) is 7.58. The molecule has 0 saturated carbocycles. The van der Waals surface area contributed by atoms with Crippen molar-refractivity contribution >= 4 is 36.1 Å². The molecule has 2 N–H and O–H groups in total. The fourth-order valence-electron chi connectivity index (χ4n) is 4.32. The van der Waals surface area contributed by atoms with Crippen LogP contribution < -0.4 is 10.5 Å². The molecule has 4 heteroatoms. The summed E-state index contributed by atoms with van der Waals surface area (Å²) in [6.45, 7) is 8.68. The molecule has 1 aliphatic carbocycles. The topological polar surface area (TPSA) is 53.0 Å². The van der Waals surface area contributed by atoms with Crippen LogP contribution in [0.4, 0.5) is 5.69 Å². The third-order valence-electron chi connectivity index (χ3n) is 5.94. The van der Waals surface area contributed by atoms with E-state index in [4.69, 9.17) is 5.41 Å². The van der Waals surface area contributed by atoms with Crippen LogP contribution in [0.1, 0.15) is 30.0 Å². The second kappa shape index (κ2) is 7.12. The fourth-order valence-corrected chi connectivity index (χ4v) is 7.41. The Morgan fingerprint density at radius 1 is 1.07 bits per heavy atom. The zero-order valence-electron chi connectivity index (χ0n) is 17.4. The van der Waals surface area contributed by atoms with Gasteiger partial charge in [0.05, 0.1) is 5.71 Å². The van der Waals surface area contributed by atoms with Gasteiger partial charge in [-0.15, -0.1) is 0 Å². The lowest BCUT2D eigenvalue weighted by atomic mass is 9.87. The van der Waals surface area contributed by atoms with Gasteiger partial charge in [0, 0.05) is 12.1 Å². The zero-order valence-corrected chi connectivity index (χ0v) is 18.4. The number of hydrogen-bond acceptors (Lipinski definition) is 2. The first-order chi connectivity index (χ1) is 13.8. The Morgan fingerprint density at radius 3 is 2.55 bits per heavy atom. The molecule has 146 valence electrons. The molecule has 2 aromatic carbocycles. The van der Waals surface area contributed by atoms with E-state index in [1.807, 2.05) is 25.1 Å². The van der Waals surface area contributed by atoms with Gasteiger partial charge in [-0.1, -0.05) is 56.4 Å². The van der Waals surface area contributed by atoms with Gasteiger partial charge in [-0.3, -0.25) is 4.79 Å². The van der Waals surface area contributed by atoms with Crippen molar-refractivity contribution in [3.63, 3.8) is 0 Å². The number of aryl methyl sites for hydroxylation is 1. The average molecular weight is 399 g/mol. The molecule has 1 amide bonds. The minimum atomic E-state index is -2.04. The summed E-state index contributed by atoms with van der Waals surface area (Å²) in [4.78, 5) is 12.0. The largest absolute Gasteiger partial charge is 0.326 e. The standard InChI is InChI=1S/C25H26N2OSi/c1-5-24(28)27-18-11-13-21-23(15-18)29(3,4)22-14-17(26)10-12-20(22)25(21)19-9-7-6-8-16(19)2/h6-15,26H,5H2,1-4H3,(H,27,28). The van der Waals surface area contributed by atoms with Crippen molar-refractivity contribution < 1.29 is 4.79 Å². The van der Waals surface area contributed by atoms with Crippen LogP contribution in [0.5, 0.6) is 0 Å². The summed E-state index contributed by atoms with van der Waals surface area (Å²) < 4.78 is 0. The van der Waals surface area contributed by atoms with Gasteiger partial charge in [0.15, 0.2) is 0 Å². The first kappa shape index (κ1) is 19.3. The quantitative estimate of drug-likeness (QED) is 0.692. The van der Waals surface area contributed by atoms with Crippen molar-refractivity contribution in [2.45, 2.75) is 33.4 Å². The number of fused-ring (bicyclic) bond motifs is 2. The number of benzene rings is 2. The fraction of sp³-hybridized carbons (Fsp3) is 0.200. The molecule has 2 aromatic rings. The average Bonchev–Trinajstić information content (AvgIpc) is 2.70. The summed E-state index contributed by atoms with van der Waals surface area (Å²) >= 11 is 0. The van der Waals surface area contributed by atoms with Crippen LogP contribution >= 0.6 is 0 Å². The predicted octanol–water partition coefficient (Wildman–Crippen LogP) is 5.13. The van der Waals surface area contributed by atoms with Gasteiger partial charge in [-0.05, 0) is 69.4 Å². The molecule has 0 fully saturated rings. The second-order valence-electron chi connectivity index (χ2n) is 8.24. The minimum Gasteiger partial charge on any atom is -0.326 e. The Bertz CT molecular complexity index is 1140. The highest BCUT2D eigenvalue weighted by Crippen LogP contribution is 2.42. The summed E-state index contributed by atoms with van der Waals surface area (Å²) in [5.74, 6) is 0.0252. The van der Waals surface area contributed by atoms with Crippen molar-refractivity contribution in [1.29, 1.82) is 5.41 Å². The summed E-state index contributed by atoms with van der Waals surface area (Å²) in [5, 5.41) is 13.8. The predicted molar refractivity (Wildman–Crippen MR) is 125 cm³/mol. The third-order valence-corrected chi connectivity index (χ3v) is 9.46. The number of nitrogens with one attached hydrogen (secondary N) is 2. The summed E-state index contributed by atoms with van der Waals surface area (Å²) in [7, 11) is -2.04. The Labute approximate surface area is 173 Å². The van der Waals surface area contributed by atoms with E-state index in [1.165, 1.54) is 38.2 Å².